The zero-order valence-corrected chi connectivity index (χ0v) is 12.4. The maximum absolute atomic E-state index is 5.79. The number of methoxy groups -OCH3 is 1. The van der Waals surface area contributed by atoms with Crippen molar-refractivity contribution in [3.63, 3.8) is 0 Å². The predicted octanol–water partition coefficient (Wildman–Crippen LogP) is 2.72. The van der Waals surface area contributed by atoms with E-state index in [0.29, 0.717) is 5.95 Å². The van der Waals surface area contributed by atoms with Gasteiger partial charge in [0, 0.05) is 23.9 Å². The third kappa shape index (κ3) is 2.63. The van der Waals surface area contributed by atoms with E-state index in [1.807, 2.05) is 31.2 Å². The van der Waals surface area contributed by atoms with Crippen molar-refractivity contribution >= 4 is 11.8 Å². The molecule has 3 rings (SSSR count). The van der Waals surface area contributed by atoms with Crippen molar-refractivity contribution in [1.29, 1.82) is 0 Å². The van der Waals surface area contributed by atoms with Crippen LogP contribution in [0.25, 0.3) is 0 Å². The number of rotatable bonds is 3. The standard InChI is InChI=1S/C16H20N4O/c1-11-10-15(19-16(17)18-11)20-9-5-7-13(20)12-6-3-4-8-14(12)21-2/h3-4,6,8,10,13H,5,7,9H2,1-2H3,(H2,17,18,19). The molecular formula is C16H20N4O. The highest BCUT2D eigenvalue weighted by atomic mass is 16.5. The number of aryl methyl sites for hydroxylation is 1. The van der Waals surface area contributed by atoms with E-state index in [1.54, 1.807) is 7.11 Å². The number of aromatic nitrogens is 2. The molecule has 1 aromatic heterocycles. The fourth-order valence-corrected chi connectivity index (χ4v) is 3.03. The van der Waals surface area contributed by atoms with Gasteiger partial charge in [-0.1, -0.05) is 18.2 Å². The minimum Gasteiger partial charge on any atom is -0.496 e. The van der Waals surface area contributed by atoms with E-state index >= 15 is 0 Å². The summed E-state index contributed by atoms with van der Waals surface area (Å²) in [6, 6.07) is 10.4. The molecule has 0 amide bonds. The van der Waals surface area contributed by atoms with E-state index in [1.165, 1.54) is 5.56 Å². The smallest absolute Gasteiger partial charge is 0.222 e. The molecule has 1 saturated heterocycles. The molecule has 1 fully saturated rings. The second-order valence-electron chi connectivity index (χ2n) is 5.32. The van der Waals surface area contributed by atoms with Gasteiger partial charge in [0.15, 0.2) is 0 Å². The van der Waals surface area contributed by atoms with Crippen LogP contribution in [-0.4, -0.2) is 23.6 Å². The van der Waals surface area contributed by atoms with Crippen LogP contribution in [0.2, 0.25) is 0 Å². The Kier molecular flexibility index (Phi) is 3.64. The molecule has 5 nitrogen and oxygen atoms in total. The van der Waals surface area contributed by atoms with Gasteiger partial charge in [0.25, 0.3) is 0 Å². The van der Waals surface area contributed by atoms with Crippen molar-refractivity contribution in [3.05, 3.63) is 41.6 Å². The van der Waals surface area contributed by atoms with Crippen LogP contribution in [0.15, 0.2) is 30.3 Å². The monoisotopic (exact) mass is 284 g/mol. The summed E-state index contributed by atoms with van der Waals surface area (Å²) in [5.74, 6) is 2.15. The molecule has 2 aromatic rings. The summed E-state index contributed by atoms with van der Waals surface area (Å²) in [5, 5.41) is 0. The Morgan fingerprint density at radius 3 is 2.86 bits per heavy atom. The number of hydrogen-bond donors (Lipinski definition) is 1. The van der Waals surface area contributed by atoms with Gasteiger partial charge in [-0.15, -0.1) is 0 Å². The molecule has 0 radical (unpaired) electrons. The van der Waals surface area contributed by atoms with Gasteiger partial charge in [0.05, 0.1) is 13.2 Å². The number of para-hydroxylation sites is 1. The number of nitrogens with two attached hydrogens (primary N) is 1. The fraction of sp³-hybridized carbons (Fsp3) is 0.375. The van der Waals surface area contributed by atoms with Crippen LogP contribution in [0.5, 0.6) is 5.75 Å². The maximum Gasteiger partial charge on any atom is 0.222 e. The zero-order chi connectivity index (χ0) is 14.8. The molecule has 1 atom stereocenters. The molecule has 110 valence electrons. The summed E-state index contributed by atoms with van der Waals surface area (Å²) in [7, 11) is 1.71. The first-order valence-corrected chi connectivity index (χ1v) is 7.20. The van der Waals surface area contributed by atoms with Gasteiger partial charge >= 0.3 is 0 Å². The summed E-state index contributed by atoms with van der Waals surface area (Å²) in [6.45, 7) is 2.91. The molecule has 1 unspecified atom stereocenters. The minimum absolute atomic E-state index is 0.273. The van der Waals surface area contributed by atoms with Gasteiger partial charge in [-0.3, -0.25) is 0 Å². The average Bonchev–Trinajstić information content (AvgIpc) is 2.95. The number of hydrogen-bond acceptors (Lipinski definition) is 5. The van der Waals surface area contributed by atoms with Gasteiger partial charge in [-0.2, -0.15) is 4.98 Å². The lowest BCUT2D eigenvalue weighted by molar-refractivity contribution is 0.405. The Bertz CT molecular complexity index is 624. The summed E-state index contributed by atoms with van der Waals surface area (Å²) in [6.07, 6.45) is 2.22. The first-order chi connectivity index (χ1) is 10.2. The van der Waals surface area contributed by atoms with Crippen LogP contribution in [0.1, 0.15) is 30.1 Å². The van der Waals surface area contributed by atoms with Gasteiger partial charge < -0.3 is 15.4 Å². The summed E-state index contributed by atoms with van der Waals surface area (Å²) in [4.78, 5) is 10.8. The predicted molar refractivity (Wildman–Crippen MR) is 83.5 cm³/mol. The lowest BCUT2D eigenvalue weighted by atomic mass is 10.0. The van der Waals surface area contributed by atoms with E-state index < -0.39 is 0 Å². The van der Waals surface area contributed by atoms with Gasteiger partial charge in [-0.05, 0) is 25.8 Å². The second kappa shape index (κ2) is 5.60. The van der Waals surface area contributed by atoms with Crippen LogP contribution in [0, 0.1) is 6.92 Å². The van der Waals surface area contributed by atoms with Crippen LogP contribution < -0.4 is 15.4 Å². The number of benzene rings is 1. The molecular weight excluding hydrogens is 264 g/mol. The van der Waals surface area contributed by atoms with Crippen molar-refractivity contribution in [2.75, 3.05) is 24.3 Å². The third-order valence-electron chi connectivity index (χ3n) is 3.90. The largest absolute Gasteiger partial charge is 0.496 e. The molecule has 21 heavy (non-hydrogen) atoms. The number of nitrogens with zero attached hydrogens (tertiary/aromatic N) is 3. The fourth-order valence-electron chi connectivity index (χ4n) is 3.03. The third-order valence-corrected chi connectivity index (χ3v) is 3.90. The summed E-state index contributed by atoms with van der Waals surface area (Å²) < 4.78 is 5.51. The Balaban J connectivity index is 1.99. The summed E-state index contributed by atoms with van der Waals surface area (Å²) in [5.41, 5.74) is 7.89. The molecule has 0 saturated carbocycles. The van der Waals surface area contributed by atoms with E-state index in [2.05, 4.69) is 20.9 Å². The van der Waals surface area contributed by atoms with Crippen molar-refractivity contribution < 1.29 is 4.74 Å². The normalized spacial score (nSPS) is 18.0. The van der Waals surface area contributed by atoms with E-state index in [-0.39, 0.29) is 6.04 Å². The quantitative estimate of drug-likeness (QED) is 0.939. The Hall–Kier alpha value is -2.30. The zero-order valence-electron chi connectivity index (χ0n) is 12.4. The number of nitrogen functional groups attached to an aromatic ring is 1. The number of ether oxygens (including phenoxy) is 1. The maximum atomic E-state index is 5.79. The molecule has 0 aliphatic carbocycles. The highest BCUT2D eigenvalue weighted by Crippen LogP contribution is 2.39. The molecule has 2 N–H and O–H groups in total. The molecule has 1 aliphatic heterocycles. The number of anilines is 2. The van der Waals surface area contributed by atoms with Gasteiger partial charge in [0.1, 0.15) is 11.6 Å². The van der Waals surface area contributed by atoms with Crippen molar-refractivity contribution in [2.45, 2.75) is 25.8 Å². The minimum atomic E-state index is 0.273. The molecule has 1 aliphatic rings. The highest BCUT2D eigenvalue weighted by Gasteiger charge is 2.29. The summed E-state index contributed by atoms with van der Waals surface area (Å²) >= 11 is 0. The molecule has 0 bridgehead atoms. The first kappa shape index (κ1) is 13.7. The van der Waals surface area contributed by atoms with Crippen molar-refractivity contribution in [2.24, 2.45) is 0 Å². The Morgan fingerprint density at radius 2 is 2.10 bits per heavy atom. The van der Waals surface area contributed by atoms with Crippen LogP contribution in [-0.2, 0) is 0 Å². The van der Waals surface area contributed by atoms with E-state index in [9.17, 15) is 0 Å². The van der Waals surface area contributed by atoms with Crippen LogP contribution >= 0.6 is 0 Å². The Morgan fingerprint density at radius 1 is 1.29 bits per heavy atom. The second-order valence-corrected chi connectivity index (χ2v) is 5.32. The molecule has 0 spiro atoms. The Labute approximate surface area is 124 Å². The lowest BCUT2D eigenvalue weighted by Gasteiger charge is -2.27. The lowest BCUT2D eigenvalue weighted by Crippen LogP contribution is -2.24. The first-order valence-electron chi connectivity index (χ1n) is 7.20. The molecule has 2 heterocycles. The van der Waals surface area contributed by atoms with Crippen molar-refractivity contribution in [3.8, 4) is 5.75 Å². The molecule has 5 heteroatoms. The topological polar surface area (TPSA) is 64.3 Å². The van der Waals surface area contributed by atoms with E-state index in [0.717, 1.165) is 36.6 Å². The van der Waals surface area contributed by atoms with Crippen LogP contribution in [0.3, 0.4) is 0 Å². The van der Waals surface area contributed by atoms with Crippen LogP contribution in [0.4, 0.5) is 11.8 Å². The van der Waals surface area contributed by atoms with Gasteiger partial charge in [-0.25, -0.2) is 4.98 Å². The van der Waals surface area contributed by atoms with Crippen molar-refractivity contribution in [1.82, 2.24) is 9.97 Å². The average molecular weight is 284 g/mol. The highest BCUT2D eigenvalue weighted by molar-refractivity contribution is 5.49. The van der Waals surface area contributed by atoms with E-state index in [4.69, 9.17) is 10.5 Å². The van der Waals surface area contributed by atoms with Gasteiger partial charge in [0.2, 0.25) is 5.95 Å². The SMILES string of the molecule is COc1ccccc1C1CCCN1c1cc(C)nc(N)n1. The molecule has 1 aromatic carbocycles.